The Kier molecular flexibility index (Phi) is 7.43. The van der Waals surface area contributed by atoms with Crippen molar-refractivity contribution in [2.45, 2.75) is 25.8 Å². The molecule has 0 aromatic carbocycles. The number of nitriles is 1. The molecule has 2 fully saturated rings. The lowest BCUT2D eigenvalue weighted by atomic mass is 9.98. The number of fused-ring (bicyclic) bond motifs is 1. The molecule has 1 saturated heterocycles. The fourth-order valence-electron chi connectivity index (χ4n) is 5.48. The van der Waals surface area contributed by atoms with E-state index in [-0.39, 0.29) is 23.2 Å². The predicted molar refractivity (Wildman–Crippen MR) is 145 cm³/mol. The van der Waals surface area contributed by atoms with Crippen molar-refractivity contribution in [1.82, 2.24) is 20.6 Å². The largest absolute Gasteiger partial charge is 0.492 e. The van der Waals surface area contributed by atoms with Crippen molar-refractivity contribution in [2.24, 2.45) is 11.8 Å². The third-order valence-corrected chi connectivity index (χ3v) is 7.51. The normalized spacial score (nSPS) is 23.4. The Morgan fingerprint density at radius 3 is 2.74 bits per heavy atom. The molecule has 4 heterocycles. The first-order chi connectivity index (χ1) is 18.5. The van der Waals surface area contributed by atoms with Crippen molar-refractivity contribution in [3.63, 3.8) is 0 Å². The van der Waals surface area contributed by atoms with E-state index >= 15 is 0 Å². The number of ether oxygens (including phenoxy) is 1. The van der Waals surface area contributed by atoms with Crippen molar-refractivity contribution in [3.8, 4) is 6.07 Å². The highest BCUT2D eigenvalue weighted by Crippen LogP contribution is 2.40. The van der Waals surface area contributed by atoms with E-state index in [4.69, 9.17) is 26.7 Å². The van der Waals surface area contributed by atoms with Crippen LogP contribution in [0.1, 0.15) is 35.8 Å². The van der Waals surface area contributed by atoms with Crippen molar-refractivity contribution >= 4 is 35.1 Å². The summed E-state index contributed by atoms with van der Waals surface area (Å²) in [6.45, 7) is 4.19. The van der Waals surface area contributed by atoms with Crippen LogP contribution in [0.25, 0.3) is 5.57 Å². The average molecular weight is 530 g/mol. The maximum Gasteiger partial charge on any atom is 0.271 e. The SMILES string of the molecule is CCOC1=CN/C(=C(/C#N)C=N)C(c2ccc(N3C[C@H]4C[C@H](NC(=O)c5ncccc5Cl)C[C@H]4C3)nc2)=C1. The third kappa shape index (κ3) is 5.13. The van der Waals surface area contributed by atoms with Gasteiger partial charge in [0.15, 0.2) is 0 Å². The number of carbonyl (C=O) groups is 1. The van der Waals surface area contributed by atoms with Gasteiger partial charge < -0.3 is 25.7 Å². The van der Waals surface area contributed by atoms with Gasteiger partial charge in [-0.05, 0) is 61.9 Å². The summed E-state index contributed by atoms with van der Waals surface area (Å²) >= 11 is 6.13. The molecule has 3 N–H and O–H groups in total. The zero-order valence-corrected chi connectivity index (χ0v) is 21.7. The van der Waals surface area contributed by atoms with Crippen LogP contribution in [0.15, 0.2) is 66.0 Å². The standard InChI is InChI=1S/C28H28ClN7O2/c1-2-38-22-10-23(26(34-14-22)20(11-30)12-31)17-5-6-25(33-13-17)36-15-18-8-21(9-19(18)16-36)35-28(37)27-24(29)4-3-7-32-27/h3-7,10-11,13-14,18-19,21,30,34H,2,8-9,15-16H2,1H3,(H,35,37)/b26-20+,30-11?/t18-,19+,21+. The number of amides is 1. The third-order valence-electron chi connectivity index (χ3n) is 7.20. The lowest BCUT2D eigenvalue weighted by molar-refractivity contribution is 0.0931. The lowest BCUT2D eigenvalue weighted by Gasteiger charge is -2.22. The van der Waals surface area contributed by atoms with E-state index in [9.17, 15) is 10.1 Å². The van der Waals surface area contributed by atoms with Crippen LogP contribution in [0.2, 0.25) is 5.02 Å². The summed E-state index contributed by atoms with van der Waals surface area (Å²) in [6.07, 6.45) is 9.79. The zero-order valence-electron chi connectivity index (χ0n) is 20.9. The highest BCUT2D eigenvalue weighted by atomic mass is 35.5. The molecule has 1 saturated carbocycles. The molecular formula is C28H28ClN7O2. The molecule has 38 heavy (non-hydrogen) atoms. The summed E-state index contributed by atoms with van der Waals surface area (Å²) in [4.78, 5) is 23.8. The van der Waals surface area contributed by atoms with Gasteiger partial charge in [0.25, 0.3) is 5.91 Å². The molecule has 3 aliphatic rings. The molecule has 0 spiro atoms. The number of dihydropyridines is 1. The highest BCUT2D eigenvalue weighted by molar-refractivity contribution is 6.33. The quantitative estimate of drug-likeness (QED) is 0.364. The smallest absolute Gasteiger partial charge is 0.271 e. The minimum absolute atomic E-state index is 0.111. The molecule has 2 aromatic heterocycles. The van der Waals surface area contributed by atoms with Gasteiger partial charge >= 0.3 is 0 Å². The molecule has 194 valence electrons. The number of nitrogens with zero attached hydrogens (tertiary/aromatic N) is 4. The summed E-state index contributed by atoms with van der Waals surface area (Å²) < 4.78 is 5.64. The van der Waals surface area contributed by atoms with Crippen molar-refractivity contribution in [3.05, 3.63) is 82.2 Å². The second-order valence-corrected chi connectivity index (χ2v) is 9.94. The molecule has 1 amide bonds. The number of rotatable bonds is 7. The summed E-state index contributed by atoms with van der Waals surface area (Å²) in [5.74, 6) is 2.28. The van der Waals surface area contributed by atoms with Crippen LogP contribution in [0.4, 0.5) is 5.82 Å². The molecular weight excluding hydrogens is 502 g/mol. The number of anilines is 1. The zero-order chi connectivity index (χ0) is 26.6. The number of halogens is 1. The van der Waals surface area contributed by atoms with E-state index in [1.165, 1.54) is 0 Å². The number of pyridine rings is 2. The summed E-state index contributed by atoms with van der Waals surface area (Å²) in [5.41, 5.74) is 2.62. The van der Waals surface area contributed by atoms with Gasteiger partial charge in [-0.1, -0.05) is 11.6 Å². The highest BCUT2D eigenvalue weighted by Gasteiger charge is 2.42. The number of hydrogen-bond donors (Lipinski definition) is 3. The minimum Gasteiger partial charge on any atom is -0.492 e. The fourth-order valence-corrected chi connectivity index (χ4v) is 5.69. The van der Waals surface area contributed by atoms with Crippen LogP contribution in [-0.4, -0.2) is 47.8 Å². The Bertz CT molecular complexity index is 1360. The van der Waals surface area contributed by atoms with Crippen LogP contribution >= 0.6 is 11.6 Å². The van der Waals surface area contributed by atoms with Gasteiger partial charge in [0.05, 0.1) is 22.9 Å². The van der Waals surface area contributed by atoms with Crippen LogP contribution in [0.5, 0.6) is 0 Å². The number of hydrogen-bond acceptors (Lipinski definition) is 8. The molecule has 0 radical (unpaired) electrons. The van der Waals surface area contributed by atoms with Crippen molar-refractivity contribution < 1.29 is 9.53 Å². The number of allylic oxidation sites excluding steroid dienone is 3. The number of carbonyl (C=O) groups excluding carboxylic acids is 1. The Labute approximate surface area is 226 Å². The molecule has 2 aromatic rings. The van der Waals surface area contributed by atoms with E-state index in [1.54, 1.807) is 30.7 Å². The summed E-state index contributed by atoms with van der Waals surface area (Å²) in [5, 5.41) is 23.7. The maximum absolute atomic E-state index is 12.6. The summed E-state index contributed by atoms with van der Waals surface area (Å²) in [6, 6.07) is 9.54. The molecule has 2 aliphatic heterocycles. The molecule has 3 atom stereocenters. The number of nitrogens with one attached hydrogen (secondary N) is 3. The Hall–Kier alpha value is -4.16. The van der Waals surface area contributed by atoms with Crippen LogP contribution in [0, 0.1) is 28.6 Å². The van der Waals surface area contributed by atoms with Crippen LogP contribution in [-0.2, 0) is 4.74 Å². The van der Waals surface area contributed by atoms with E-state index in [1.807, 2.05) is 25.1 Å². The molecule has 9 nitrogen and oxygen atoms in total. The second-order valence-electron chi connectivity index (χ2n) is 9.53. The summed E-state index contributed by atoms with van der Waals surface area (Å²) in [7, 11) is 0. The van der Waals surface area contributed by atoms with E-state index in [0.717, 1.165) is 49.1 Å². The topological polar surface area (TPSA) is 127 Å². The molecule has 0 bridgehead atoms. The van der Waals surface area contributed by atoms with E-state index in [2.05, 4.69) is 26.6 Å². The Morgan fingerprint density at radius 2 is 2.11 bits per heavy atom. The molecule has 0 unspecified atom stereocenters. The molecule has 10 heteroatoms. The van der Waals surface area contributed by atoms with E-state index < -0.39 is 0 Å². The maximum atomic E-state index is 12.6. The molecule has 5 rings (SSSR count). The first-order valence-electron chi connectivity index (χ1n) is 12.6. The van der Waals surface area contributed by atoms with Crippen molar-refractivity contribution in [1.29, 1.82) is 10.7 Å². The predicted octanol–water partition coefficient (Wildman–Crippen LogP) is 4.07. The number of aromatic nitrogens is 2. The van der Waals surface area contributed by atoms with Gasteiger partial charge in [-0.15, -0.1) is 0 Å². The first kappa shape index (κ1) is 25.5. The first-order valence-corrected chi connectivity index (χ1v) is 13.0. The van der Waals surface area contributed by atoms with Gasteiger partial charge in [-0.25, -0.2) is 9.97 Å². The molecule has 1 aliphatic carbocycles. The van der Waals surface area contributed by atoms with Gasteiger partial charge in [0.1, 0.15) is 23.3 Å². The monoisotopic (exact) mass is 529 g/mol. The van der Waals surface area contributed by atoms with Crippen molar-refractivity contribution in [2.75, 3.05) is 24.6 Å². The van der Waals surface area contributed by atoms with Gasteiger partial charge in [0.2, 0.25) is 0 Å². The average Bonchev–Trinajstić information content (AvgIpc) is 3.49. The van der Waals surface area contributed by atoms with Gasteiger partial charge in [-0.2, -0.15) is 5.26 Å². The minimum atomic E-state index is -0.223. The van der Waals surface area contributed by atoms with Crippen LogP contribution in [0.3, 0.4) is 0 Å². The lowest BCUT2D eigenvalue weighted by Crippen LogP contribution is -2.35. The van der Waals surface area contributed by atoms with Gasteiger partial charge in [0, 0.05) is 55.1 Å². The van der Waals surface area contributed by atoms with E-state index in [0.29, 0.717) is 34.9 Å². The van der Waals surface area contributed by atoms with Gasteiger partial charge in [-0.3, -0.25) is 4.79 Å². The van der Waals surface area contributed by atoms with Crippen LogP contribution < -0.4 is 15.5 Å². The fraction of sp³-hybridized carbons (Fsp3) is 0.321. The Balaban J connectivity index is 1.25. The Morgan fingerprint density at radius 1 is 1.32 bits per heavy atom. The second kappa shape index (κ2) is 11.1.